The Labute approximate surface area is 192 Å². The van der Waals surface area contributed by atoms with Gasteiger partial charge in [-0.15, -0.1) is 0 Å². The first-order chi connectivity index (χ1) is 15.3. The third-order valence-electron chi connectivity index (χ3n) is 7.61. The van der Waals surface area contributed by atoms with Gasteiger partial charge in [-0.25, -0.2) is 4.79 Å². The highest BCUT2D eigenvalue weighted by Gasteiger charge is 2.57. The van der Waals surface area contributed by atoms with Gasteiger partial charge in [0.1, 0.15) is 5.60 Å². The number of hydrogen-bond donors (Lipinski definition) is 0. The zero-order valence-corrected chi connectivity index (χ0v) is 19.8. The average molecular weight is 433 g/mol. The number of piperidine rings is 2. The standard InChI is InChI=1S/C28H36N2O2/c1-19(20-11-7-5-8-12-20)29-17-22-15-23(18-29)26(22)30(27(31)32-28(2,3)4)25-16-24(25)21-13-9-6-10-14-21/h5-14,19,22-26H,15-18H2,1-4H3/t19-,22-,23+,24-,25+,26-/m1/s1. The number of ether oxygens (including phenoxy) is 1. The molecule has 2 aromatic rings. The molecule has 2 heterocycles. The molecular weight excluding hydrogens is 396 g/mol. The van der Waals surface area contributed by atoms with Gasteiger partial charge in [0.25, 0.3) is 0 Å². The Morgan fingerprint density at radius 3 is 2.16 bits per heavy atom. The third kappa shape index (κ3) is 4.17. The van der Waals surface area contributed by atoms with E-state index in [9.17, 15) is 4.79 Å². The van der Waals surface area contributed by atoms with Crippen molar-refractivity contribution in [1.29, 1.82) is 0 Å². The van der Waals surface area contributed by atoms with Crippen LogP contribution in [0.3, 0.4) is 0 Å². The first-order valence-corrected chi connectivity index (χ1v) is 12.2. The molecule has 2 saturated carbocycles. The van der Waals surface area contributed by atoms with Gasteiger partial charge in [0, 0.05) is 37.1 Å². The van der Waals surface area contributed by atoms with Crippen LogP contribution in [0.2, 0.25) is 0 Å². The van der Waals surface area contributed by atoms with E-state index in [2.05, 4.69) is 77.4 Å². The third-order valence-corrected chi connectivity index (χ3v) is 7.61. The number of hydrogen-bond acceptors (Lipinski definition) is 3. The minimum atomic E-state index is -0.473. The molecule has 0 unspecified atom stereocenters. The molecule has 2 aliphatic heterocycles. The topological polar surface area (TPSA) is 32.8 Å². The van der Waals surface area contributed by atoms with Crippen LogP contribution in [0.4, 0.5) is 4.79 Å². The van der Waals surface area contributed by atoms with E-state index in [-0.39, 0.29) is 12.1 Å². The Balaban J connectivity index is 1.33. The molecular formula is C28H36N2O2. The quantitative estimate of drug-likeness (QED) is 0.593. The molecule has 4 heteroatoms. The maximum atomic E-state index is 13.4. The molecule has 2 aromatic carbocycles. The second kappa shape index (κ2) is 8.22. The molecule has 0 spiro atoms. The zero-order valence-electron chi connectivity index (χ0n) is 19.8. The first kappa shape index (κ1) is 21.5. The predicted molar refractivity (Wildman–Crippen MR) is 127 cm³/mol. The Hall–Kier alpha value is -2.33. The summed E-state index contributed by atoms with van der Waals surface area (Å²) >= 11 is 0. The maximum absolute atomic E-state index is 13.4. The normalized spacial score (nSPS) is 30.2. The number of nitrogens with zero attached hydrogens (tertiary/aromatic N) is 2. The minimum absolute atomic E-state index is 0.120. The Bertz CT molecular complexity index is 927. The van der Waals surface area contributed by atoms with Crippen molar-refractivity contribution in [2.45, 2.75) is 70.2 Å². The number of carbonyl (C=O) groups excluding carboxylic acids is 1. The lowest BCUT2D eigenvalue weighted by molar-refractivity contribution is -0.0917. The summed E-state index contributed by atoms with van der Waals surface area (Å²) in [6.45, 7) is 10.3. The number of rotatable bonds is 5. The minimum Gasteiger partial charge on any atom is -0.444 e. The van der Waals surface area contributed by atoms with Crippen molar-refractivity contribution in [3.05, 3.63) is 71.8 Å². The fourth-order valence-electron chi connectivity index (χ4n) is 5.95. The van der Waals surface area contributed by atoms with Crippen molar-refractivity contribution in [1.82, 2.24) is 9.80 Å². The second-order valence-corrected chi connectivity index (χ2v) is 11.0. The van der Waals surface area contributed by atoms with E-state index in [0.29, 0.717) is 29.8 Å². The molecule has 4 aliphatic rings. The zero-order chi connectivity index (χ0) is 22.5. The van der Waals surface area contributed by atoms with Crippen molar-refractivity contribution in [2.75, 3.05) is 13.1 Å². The van der Waals surface area contributed by atoms with Crippen LogP contribution in [-0.4, -0.2) is 46.7 Å². The Morgan fingerprint density at radius 1 is 0.969 bits per heavy atom. The summed E-state index contributed by atoms with van der Waals surface area (Å²) in [5.41, 5.74) is 2.25. The monoisotopic (exact) mass is 432 g/mol. The van der Waals surface area contributed by atoms with E-state index < -0.39 is 5.60 Å². The van der Waals surface area contributed by atoms with Gasteiger partial charge in [-0.2, -0.15) is 0 Å². The van der Waals surface area contributed by atoms with Gasteiger partial charge in [0.05, 0.1) is 0 Å². The lowest BCUT2D eigenvalue weighted by Crippen LogP contribution is -2.66. The van der Waals surface area contributed by atoms with Gasteiger partial charge in [0.15, 0.2) is 0 Å². The predicted octanol–water partition coefficient (Wildman–Crippen LogP) is 5.86. The van der Waals surface area contributed by atoms with Crippen LogP contribution in [-0.2, 0) is 4.74 Å². The van der Waals surface area contributed by atoms with Gasteiger partial charge >= 0.3 is 6.09 Å². The van der Waals surface area contributed by atoms with E-state index in [1.165, 1.54) is 17.5 Å². The molecule has 2 saturated heterocycles. The lowest BCUT2D eigenvalue weighted by Gasteiger charge is -2.58. The van der Waals surface area contributed by atoms with E-state index in [1.54, 1.807) is 0 Å². The fourth-order valence-corrected chi connectivity index (χ4v) is 5.95. The summed E-state index contributed by atoms with van der Waals surface area (Å²) in [7, 11) is 0. The van der Waals surface area contributed by atoms with Crippen molar-refractivity contribution >= 4 is 6.09 Å². The summed E-state index contributed by atoms with van der Waals surface area (Å²) in [4.78, 5) is 18.2. The van der Waals surface area contributed by atoms with Gasteiger partial charge < -0.3 is 9.64 Å². The van der Waals surface area contributed by atoms with Gasteiger partial charge in [-0.3, -0.25) is 4.90 Å². The summed E-state index contributed by atoms with van der Waals surface area (Å²) in [5, 5.41) is 0. The van der Waals surface area contributed by atoms with Gasteiger partial charge in [0.2, 0.25) is 0 Å². The van der Waals surface area contributed by atoms with E-state index >= 15 is 0 Å². The van der Waals surface area contributed by atoms with Crippen molar-refractivity contribution < 1.29 is 9.53 Å². The molecule has 2 bridgehead atoms. The van der Waals surface area contributed by atoms with Crippen LogP contribution in [0, 0.1) is 11.8 Å². The number of carbonyl (C=O) groups is 1. The van der Waals surface area contributed by atoms with E-state index in [4.69, 9.17) is 4.74 Å². The van der Waals surface area contributed by atoms with Crippen LogP contribution in [0.5, 0.6) is 0 Å². The van der Waals surface area contributed by atoms with Crippen molar-refractivity contribution in [3.8, 4) is 0 Å². The summed E-state index contributed by atoms with van der Waals surface area (Å²) < 4.78 is 5.92. The molecule has 0 N–H and O–H groups in total. The smallest absolute Gasteiger partial charge is 0.410 e. The van der Waals surface area contributed by atoms with E-state index in [1.807, 2.05) is 20.8 Å². The average Bonchev–Trinajstić information content (AvgIpc) is 3.57. The second-order valence-electron chi connectivity index (χ2n) is 11.0. The van der Waals surface area contributed by atoms with Crippen LogP contribution in [0.25, 0.3) is 0 Å². The molecule has 6 atom stereocenters. The molecule has 6 rings (SSSR count). The highest BCUT2D eigenvalue weighted by atomic mass is 16.6. The molecule has 170 valence electrons. The Morgan fingerprint density at radius 2 is 1.56 bits per heavy atom. The number of benzene rings is 2. The number of fused-ring (bicyclic) bond motifs is 2. The molecule has 2 aliphatic carbocycles. The Kier molecular flexibility index (Phi) is 5.53. The van der Waals surface area contributed by atoms with Gasteiger partial charge in [-0.05, 0) is 63.5 Å². The highest BCUT2D eigenvalue weighted by Crippen LogP contribution is 2.52. The lowest BCUT2D eigenvalue weighted by atomic mass is 9.65. The van der Waals surface area contributed by atoms with Crippen LogP contribution >= 0.6 is 0 Å². The molecule has 32 heavy (non-hydrogen) atoms. The highest BCUT2D eigenvalue weighted by molar-refractivity contribution is 5.70. The summed E-state index contributed by atoms with van der Waals surface area (Å²) in [5.74, 6) is 1.50. The van der Waals surface area contributed by atoms with Crippen LogP contribution < -0.4 is 0 Å². The number of amides is 1. The summed E-state index contributed by atoms with van der Waals surface area (Å²) in [6, 6.07) is 22.4. The molecule has 4 fully saturated rings. The summed E-state index contributed by atoms with van der Waals surface area (Å²) in [6.07, 6.45) is 2.15. The molecule has 4 nitrogen and oxygen atoms in total. The SMILES string of the molecule is C[C@H](c1ccccc1)N1C[C@H]2C[C@@H](C1)[C@@H]2N(C(=O)OC(C)(C)C)[C@H]1C[C@@H]1c1ccccc1. The fraction of sp³-hybridized carbons (Fsp3) is 0.536. The molecule has 0 radical (unpaired) electrons. The maximum Gasteiger partial charge on any atom is 0.410 e. The van der Waals surface area contributed by atoms with Crippen molar-refractivity contribution in [3.63, 3.8) is 0 Å². The van der Waals surface area contributed by atoms with Crippen LogP contribution in [0.15, 0.2) is 60.7 Å². The van der Waals surface area contributed by atoms with Crippen molar-refractivity contribution in [2.24, 2.45) is 11.8 Å². The largest absolute Gasteiger partial charge is 0.444 e. The van der Waals surface area contributed by atoms with E-state index in [0.717, 1.165) is 19.5 Å². The molecule has 1 amide bonds. The molecule has 0 aromatic heterocycles. The van der Waals surface area contributed by atoms with Crippen LogP contribution in [0.1, 0.15) is 63.6 Å². The first-order valence-electron chi connectivity index (χ1n) is 12.2. The van der Waals surface area contributed by atoms with Gasteiger partial charge in [-0.1, -0.05) is 60.7 Å².